The minimum absolute atomic E-state index is 0.0123. The van der Waals surface area contributed by atoms with Gasteiger partial charge in [-0.2, -0.15) is 5.10 Å². The first-order valence-corrected chi connectivity index (χ1v) is 8.24. The van der Waals surface area contributed by atoms with Gasteiger partial charge in [0.1, 0.15) is 5.84 Å². The Bertz CT molecular complexity index is 644. The van der Waals surface area contributed by atoms with Crippen LogP contribution in [0.5, 0.6) is 0 Å². The number of rotatable bonds is 4. The summed E-state index contributed by atoms with van der Waals surface area (Å²) in [6.07, 6.45) is 0.0123. The lowest BCUT2D eigenvalue weighted by Gasteiger charge is -2.20. The highest BCUT2D eigenvalue weighted by Crippen LogP contribution is 2.20. The number of halogens is 2. The molecule has 1 aromatic carbocycles. The Kier molecular flexibility index (Phi) is 5.99. The maximum Gasteiger partial charge on any atom is 0.238 e. The van der Waals surface area contributed by atoms with Gasteiger partial charge < -0.3 is 5.32 Å². The van der Waals surface area contributed by atoms with E-state index in [2.05, 4.69) is 15.5 Å². The highest BCUT2D eigenvalue weighted by Gasteiger charge is 2.27. The SMILES string of the molecule is C/C(=N\N=C1/CSC(CC(=O)Cl)C(=O)N1)c1ccc(Cl)cc1. The maximum absolute atomic E-state index is 11.8. The second-order valence-corrected chi connectivity index (χ2v) is 6.64. The summed E-state index contributed by atoms with van der Waals surface area (Å²) in [4.78, 5) is 22.7. The molecule has 1 aliphatic heterocycles. The van der Waals surface area contributed by atoms with Crippen molar-refractivity contribution >= 4 is 57.7 Å². The van der Waals surface area contributed by atoms with Gasteiger partial charge in [-0.1, -0.05) is 23.7 Å². The molecule has 2 rings (SSSR count). The van der Waals surface area contributed by atoms with Crippen molar-refractivity contribution in [2.24, 2.45) is 10.2 Å². The van der Waals surface area contributed by atoms with Crippen molar-refractivity contribution in [3.8, 4) is 0 Å². The van der Waals surface area contributed by atoms with Crippen molar-refractivity contribution in [3.05, 3.63) is 34.9 Å². The highest BCUT2D eigenvalue weighted by atomic mass is 35.5. The monoisotopic (exact) mass is 357 g/mol. The van der Waals surface area contributed by atoms with E-state index >= 15 is 0 Å². The molecule has 22 heavy (non-hydrogen) atoms. The molecule has 1 aliphatic rings. The first-order chi connectivity index (χ1) is 10.5. The number of benzene rings is 1. The number of nitrogens with one attached hydrogen (secondary N) is 1. The first-order valence-electron chi connectivity index (χ1n) is 6.43. The Labute approximate surface area is 142 Å². The van der Waals surface area contributed by atoms with Crippen molar-refractivity contribution in [2.45, 2.75) is 18.6 Å². The second-order valence-electron chi connectivity index (χ2n) is 4.59. The molecule has 1 aromatic rings. The predicted molar refractivity (Wildman–Crippen MR) is 91.0 cm³/mol. The van der Waals surface area contributed by atoms with Crippen molar-refractivity contribution in [3.63, 3.8) is 0 Å². The minimum Gasteiger partial charge on any atom is -0.311 e. The van der Waals surface area contributed by atoms with Crippen LogP contribution < -0.4 is 5.32 Å². The Balaban J connectivity index is 2.02. The van der Waals surface area contributed by atoms with Crippen molar-refractivity contribution in [1.29, 1.82) is 0 Å². The smallest absolute Gasteiger partial charge is 0.238 e. The molecule has 5 nitrogen and oxygen atoms in total. The molecule has 1 atom stereocenters. The number of carbonyl (C=O) groups is 2. The number of thioether (sulfide) groups is 1. The molecule has 116 valence electrons. The average molecular weight is 358 g/mol. The summed E-state index contributed by atoms with van der Waals surface area (Å²) in [5.41, 5.74) is 1.61. The lowest BCUT2D eigenvalue weighted by molar-refractivity contribution is -0.121. The normalized spacial score (nSPS) is 20.9. The van der Waals surface area contributed by atoms with Crippen molar-refractivity contribution in [1.82, 2.24) is 5.32 Å². The summed E-state index contributed by atoms with van der Waals surface area (Å²) in [5.74, 6) is 0.655. The van der Waals surface area contributed by atoms with Crippen LogP contribution >= 0.6 is 35.0 Å². The van der Waals surface area contributed by atoms with Gasteiger partial charge in [0.25, 0.3) is 0 Å². The fraction of sp³-hybridized carbons (Fsp3) is 0.286. The molecule has 1 fully saturated rings. The number of hydrogen-bond acceptors (Lipinski definition) is 5. The van der Waals surface area contributed by atoms with E-state index in [-0.39, 0.29) is 12.3 Å². The summed E-state index contributed by atoms with van der Waals surface area (Å²) in [6.45, 7) is 1.82. The van der Waals surface area contributed by atoms with E-state index in [4.69, 9.17) is 23.2 Å². The van der Waals surface area contributed by atoms with Crippen LogP contribution in [0.25, 0.3) is 0 Å². The van der Waals surface area contributed by atoms with E-state index in [1.807, 2.05) is 19.1 Å². The average Bonchev–Trinajstić information content (AvgIpc) is 2.47. The molecule has 0 spiro atoms. The third kappa shape index (κ3) is 4.83. The van der Waals surface area contributed by atoms with Crippen molar-refractivity contribution in [2.75, 3.05) is 5.75 Å². The molecule has 8 heteroatoms. The van der Waals surface area contributed by atoms with Crippen LogP contribution in [0.15, 0.2) is 34.5 Å². The van der Waals surface area contributed by atoms with Crippen LogP contribution in [0.3, 0.4) is 0 Å². The molecular formula is C14H13Cl2N3O2S. The van der Waals surface area contributed by atoms with Crippen LogP contribution in [0.4, 0.5) is 0 Å². The Hall–Kier alpha value is -1.37. The predicted octanol–water partition coefficient (Wildman–Crippen LogP) is 2.85. The van der Waals surface area contributed by atoms with Crippen LogP contribution in [0.2, 0.25) is 5.02 Å². The topological polar surface area (TPSA) is 70.9 Å². The summed E-state index contributed by atoms with van der Waals surface area (Å²) in [7, 11) is 0. The van der Waals surface area contributed by atoms with E-state index < -0.39 is 10.5 Å². The zero-order valence-corrected chi connectivity index (χ0v) is 14.0. The zero-order chi connectivity index (χ0) is 16.1. The number of hydrogen-bond donors (Lipinski definition) is 1. The number of amides is 1. The van der Waals surface area contributed by atoms with Gasteiger partial charge in [-0.05, 0) is 36.2 Å². The van der Waals surface area contributed by atoms with E-state index in [0.29, 0.717) is 22.3 Å². The fourth-order valence-electron chi connectivity index (χ4n) is 1.75. The zero-order valence-electron chi connectivity index (χ0n) is 11.7. The maximum atomic E-state index is 11.8. The Morgan fingerprint density at radius 2 is 2.09 bits per heavy atom. The van der Waals surface area contributed by atoms with Crippen LogP contribution in [-0.2, 0) is 9.59 Å². The van der Waals surface area contributed by atoms with Crippen LogP contribution in [0.1, 0.15) is 18.9 Å². The van der Waals surface area contributed by atoms with Crippen molar-refractivity contribution < 1.29 is 9.59 Å². The fourth-order valence-corrected chi connectivity index (χ4v) is 3.09. The first kappa shape index (κ1) is 17.0. The molecule has 0 saturated carbocycles. The van der Waals surface area contributed by atoms with E-state index in [0.717, 1.165) is 5.56 Å². The van der Waals surface area contributed by atoms with E-state index in [1.165, 1.54) is 11.8 Å². The third-order valence-electron chi connectivity index (χ3n) is 2.91. The van der Waals surface area contributed by atoms with Gasteiger partial charge in [0.05, 0.1) is 16.7 Å². The van der Waals surface area contributed by atoms with Gasteiger partial charge >= 0.3 is 0 Å². The molecule has 0 bridgehead atoms. The molecule has 0 aliphatic carbocycles. The molecule has 1 amide bonds. The Morgan fingerprint density at radius 1 is 1.41 bits per heavy atom. The van der Waals surface area contributed by atoms with E-state index in [9.17, 15) is 9.59 Å². The molecule has 1 unspecified atom stereocenters. The van der Waals surface area contributed by atoms with Gasteiger partial charge in [-0.25, -0.2) is 0 Å². The van der Waals surface area contributed by atoms with Gasteiger partial charge in [0.15, 0.2) is 0 Å². The molecule has 1 saturated heterocycles. The molecule has 1 N–H and O–H groups in total. The summed E-state index contributed by atoms with van der Waals surface area (Å²) < 4.78 is 0. The molecular weight excluding hydrogens is 345 g/mol. The van der Waals surface area contributed by atoms with Gasteiger partial charge in [0.2, 0.25) is 11.1 Å². The van der Waals surface area contributed by atoms with Gasteiger partial charge in [-0.3, -0.25) is 9.59 Å². The minimum atomic E-state index is -0.523. The second kappa shape index (κ2) is 7.76. The standard InChI is InChI=1S/C14H13Cl2N3O2S/c1-8(9-2-4-10(15)5-3-9)18-19-13-7-22-11(6-12(16)20)14(21)17-13/h2-5,11H,6-7H2,1H3,(H,17,19,21)/b18-8+. The van der Waals surface area contributed by atoms with Gasteiger partial charge in [0, 0.05) is 11.4 Å². The lowest BCUT2D eigenvalue weighted by Crippen LogP contribution is -2.44. The third-order valence-corrected chi connectivity index (χ3v) is 4.54. The van der Waals surface area contributed by atoms with Crippen LogP contribution in [0, 0.1) is 0 Å². The molecule has 1 heterocycles. The highest BCUT2D eigenvalue weighted by molar-refractivity contribution is 8.01. The van der Waals surface area contributed by atoms with Crippen LogP contribution in [-0.4, -0.2) is 33.7 Å². The largest absolute Gasteiger partial charge is 0.311 e. The molecule has 0 aromatic heterocycles. The van der Waals surface area contributed by atoms with E-state index in [1.54, 1.807) is 12.1 Å². The number of carbonyl (C=O) groups excluding carboxylic acids is 2. The quantitative estimate of drug-likeness (QED) is 0.511. The summed E-state index contributed by atoms with van der Waals surface area (Å²) >= 11 is 12.5. The lowest BCUT2D eigenvalue weighted by atomic mass is 10.1. The summed E-state index contributed by atoms with van der Waals surface area (Å²) in [5, 5.41) is 10.5. The van der Waals surface area contributed by atoms with Gasteiger partial charge in [-0.15, -0.1) is 16.9 Å². The Morgan fingerprint density at radius 3 is 2.68 bits per heavy atom. The summed E-state index contributed by atoms with van der Waals surface area (Å²) in [6, 6.07) is 7.24. The number of nitrogens with zero attached hydrogens (tertiary/aromatic N) is 2. The number of amidine groups is 1. The molecule has 0 radical (unpaired) electrons.